The lowest BCUT2D eigenvalue weighted by atomic mass is 10.2. The molecule has 1 aliphatic heterocycles. The van der Waals surface area contributed by atoms with Gasteiger partial charge in [-0.3, -0.25) is 9.69 Å². The predicted octanol–water partition coefficient (Wildman–Crippen LogP) is 2.16. The third kappa shape index (κ3) is 4.70. The Morgan fingerprint density at radius 3 is 2.36 bits per heavy atom. The molecule has 150 valence electrons. The van der Waals surface area contributed by atoms with Crippen LogP contribution in [0.15, 0.2) is 53.4 Å². The Morgan fingerprint density at radius 1 is 1.07 bits per heavy atom. The van der Waals surface area contributed by atoms with Crippen molar-refractivity contribution in [1.82, 2.24) is 9.21 Å². The highest BCUT2D eigenvalue weighted by molar-refractivity contribution is 7.89. The fourth-order valence-electron chi connectivity index (χ4n) is 3.24. The van der Waals surface area contributed by atoms with Gasteiger partial charge < -0.3 is 10.1 Å². The molecule has 0 aliphatic carbocycles. The number of carbonyl (C=O) groups excluding carboxylic acids is 1. The number of amides is 1. The zero-order valence-electron chi connectivity index (χ0n) is 16.1. The molecule has 0 aromatic heterocycles. The Hall–Kier alpha value is -2.42. The zero-order valence-corrected chi connectivity index (χ0v) is 16.9. The molecule has 1 N–H and O–H groups in total. The van der Waals surface area contributed by atoms with E-state index in [1.807, 2.05) is 18.2 Å². The first-order valence-electron chi connectivity index (χ1n) is 9.12. The van der Waals surface area contributed by atoms with Crippen molar-refractivity contribution in [3.05, 3.63) is 54.1 Å². The highest BCUT2D eigenvalue weighted by Gasteiger charge is 2.29. The van der Waals surface area contributed by atoms with E-state index in [4.69, 9.17) is 4.74 Å². The van der Waals surface area contributed by atoms with Crippen LogP contribution in [0.1, 0.15) is 12.5 Å². The number of piperazine rings is 1. The molecule has 1 aliphatic rings. The summed E-state index contributed by atoms with van der Waals surface area (Å²) in [4.78, 5) is 13.7. The summed E-state index contributed by atoms with van der Waals surface area (Å²) in [6.07, 6.45) is 0. The molecular formula is C20H25N3O4S. The van der Waals surface area contributed by atoms with Gasteiger partial charge in [0.1, 0.15) is 5.75 Å². The van der Waals surface area contributed by atoms with Crippen molar-refractivity contribution in [3.63, 3.8) is 0 Å². The average Bonchev–Trinajstić information content (AvgIpc) is 2.69. The smallest absolute Gasteiger partial charge is 0.243 e. The summed E-state index contributed by atoms with van der Waals surface area (Å²) in [5, 5.41) is 2.63. The molecule has 0 spiro atoms. The van der Waals surface area contributed by atoms with Crippen LogP contribution in [0.2, 0.25) is 0 Å². The summed E-state index contributed by atoms with van der Waals surface area (Å²) in [6.45, 7) is 4.42. The van der Waals surface area contributed by atoms with Gasteiger partial charge in [0.25, 0.3) is 0 Å². The Kier molecular flexibility index (Phi) is 6.33. The number of ether oxygens (including phenoxy) is 1. The van der Waals surface area contributed by atoms with Crippen LogP contribution in [0, 0.1) is 0 Å². The van der Waals surface area contributed by atoms with Crippen molar-refractivity contribution in [1.29, 1.82) is 0 Å². The Labute approximate surface area is 166 Å². The Morgan fingerprint density at radius 2 is 1.75 bits per heavy atom. The van der Waals surface area contributed by atoms with Gasteiger partial charge in [-0.05, 0) is 17.7 Å². The number of hydrogen-bond acceptors (Lipinski definition) is 5. The maximum absolute atomic E-state index is 13.0. The van der Waals surface area contributed by atoms with Gasteiger partial charge in [-0.25, -0.2) is 8.42 Å². The Bertz CT molecular complexity index is 924. The van der Waals surface area contributed by atoms with Crippen molar-refractivity contribution >= 4 is 21.6 Å². The van der Waals surface area contributed by atoms with Crippen molar-refractivity contribution in [2.45, 2.75) is 18.4 Å². The van der Waals surface area contributed by atoms with E-state index in [-0.39, 0.29) is 10.8 Å². The van der Waals surface area contributed by atoms with Crippen molar-refractivity contribution < 1.29 is 17.9 Å². The first-order chi connectivity index (χ1) is 13.4. The number of methoxy groups -OCH3 is 1. The third-order valence-corrected chi connectivity index (χ3v) is 6.60. The van der Waals surface area contributed by atoms with Crippen LogP contribution in [-0.4, -0.2) is 56.8 Å². The van der Waals surface area contributed by atoms with Crippen LogP contribution in [0.25, 0.3) is 0 Å². The lowest BCUT2D eigenvalue weighted by molar-refractivity contribution is -0.114. The maximum Gasteiger partial charge on any atom is 0.243 e. The van der Waals surface area contributed by atoms with E-state index in [2.05, 4.69) is 22.3 Å². The average molecular weight is 404 g/mol. The molecule has 0 radical (unpaired) electrons. The first kappa shape index (κ1) is 20.3. The van der Waals surface area contributed by atoms with Crippen LogP contribution < -0.4 is 10.1 Å². The minimum Gasteiger partial charge on any atom is -0.495 e. The molecule has 3 rings (SSSR count). The van der Waals surface area contributed by atoms with E-state index in [0.717, 1.165) is 6.54 Å². The molecule has 1 fully saturated rings. The number of nitrogens with zero attached hydrogens (tertiary/aromatic N) is 2. The topological polar surface area (TPSA) is 79.0 Å². The lowest BCUT2D eigenvalue weighted by Gasteiger charge is -2.34. The monoisotopic (exact) mass is 403 g/mol. The molecule has 1 heterocycles. The van der Waals surface area contributed by atoms with E-state index < -0.39 is 10.0 Å². The van der Waals surface area contributed by atoms with Gasteiger partial charge in [-0.2, -0.15) is 4.31 Å². The van der Waals surface area contributed by atoms with Gasteiger partial charge >= 0.3 is 0 Å². The minimum absolute atomic E-state index is 0.162. The second-order valence-electron chi connectivity index (χ2n) is 6.71. The maximum atomic E-state index is 13.0. The van der Waals surface area contributed by atoms with Crippen LogP contribution >= 0.6 is 0 Å². The Balaban J connectivity index is 1.69. The SMILES string of the molecule is COc1cc(S(=O)(=O)N2CCN(Cc3ccccc3)CC2)ccc1NC(C)=O. The first-order valence-corrected chi connectivity index (χ1v) is 10.6. The molecular weight excluding hydrogens is 378 g/mol. The van der Waals surface area contributed by atoms with E-state index in [1.54, 1.807) is 6.07 Å². The van der Waals surface area contributed by atoms with Crippen LogP contribution in [-0.2, 0) is 21.4 Å². The fraction of sp³-hybridized carbons (Fsp3) is 0.350. The van der Waals surface area contributed by atoms with E-state index in [1.165, 1.54) is 36.0 Å². The van der Waals surface area contributed by atoms with Gasteiger partial charge in [0.15, 0.2) is 0 Å². The highest BCUT2D eigenvalue weighted by Crippen LogP contribution is 2.29. The van der Waals surface area contributed by atoms with Gasteiger partial charge in [0.2, 0.25) is 15.9 Å². The van der Waals surface area contributed by atoms with Gasteiger partial charge in [0.05, 0.1) is 17.7 Å². The molecule has 2 aromatic carbocycles. The summed E-state index contributed by atoms with van der Waals surface area (Å²) in [5.41, 5.74) is 1.67. The van der Waals surface area contributed by atoms with Gasteiger partial charge in [-0.15, -0.1) is 0 Å². The largest absolute Gasteiger partial charge is 0.495 e. The van der Waals surface area contributed by atoms with Crippen LogP contribution in [0.4, 0.5) is 5.69 Å². The second kappa shape index (κ2) is 8.72. The summed E-state index contributed by atoms with van der Waals surface area (Å²) < 4.78 is 32.8. The summed E-state index contributed by atoms with van der Waals surface area (Å²) in [7, 11) is -2.18. The van der Waals surface area contributed by atoms with Gasteiger partial charge in [0, 0.05) is 45.7 Å². The molecule has 0 unspecified atom stereocenters. The number of hydrogen-bond donors (Lipinski definition) is 1. The summed E-state index contributed by atoms with van der Waals surface area (Å²) in [6, 6.07) is 14.7. The third-order valence-electron chi connectivity index (χ3n) is 4.70. The lowest BCUT2D eigenvalue weighted by Crippen LogP contribution is -2.48. The zero-order chi connectivity index (χ0) is 20.1. The number of anilines is 1. The number of rotatable bonds is 6. The minimum atomic E-state index is -3.62. The number of carbonyl (C=O) groups is 1. The normalized spacial score (nSPS) is 15.9. The molecule has 8 heteroatoms. The molecule has 28 heavy (non-hydrogen) atoms. The van der Waals surface area contributed by atoms with E-state index in [0.29, 0.717) is 37.6 Å². The molecule has 0 atom stereocenters. The van der Waals surface area contributed by atoms with Crippen molar-refractivity contribution in [2.75, 3.05) is 38.6 Å². The number of nitrogens with one attached hydrogen (secondary N) is 1. The standard InChI is InChI=1S/C20H25N3O4S/c1-16(24)21-19-9-8-18(14-20(19)27-2)28(25,26)23-12-10-22(11-13-23)15-17-6-4-3-5-7-17/h3-9,14H,10-13,15H2,1-2H3,(H,21,24). The summed E-state index contributed by atoms with van der Waals surface area (Å²) in [5.74, 6) is 0.0717. The highest BCUT2D eigenvalue weighted by atomic mass is 32.2. The number of benzene rings is 2. The van der Waals surface area contributed by atoms with Crippen LogP contribution in [0.5, 0.6) is 5.75 Å². The molecule has 2 aromatic rings. The van der Waals surface area contributed by atoms with E-state index in [9.17, 15) is 13.2 Å². The molecule has 1 saturated heterocycles. The fourth-order valence-corrected chi connectivity index (χ4v) is 4.68. The van der Waals surface area contributed by atoms with Crippen molar-refractivity contribution in [3.8, 4) is 5.75 Å². The van der Waals surface area contributed by atoms with Gasteiger partial charge in [-0.1, -0.05) is 30.3 Å². The van der Waals surface area contributed by atoms with Crippen molar-refractivity contribution in [2.24, 2.45) is 0 Å². The van der Waals surface area contributed by atoms with Crippen LogP contribution in [0.3, 0.4) is 0 Å². The number of sulfonamides is 1. The molecule has 7 nitrogen and oxygen atoms in total. The molecule has 0 bridgehead atoms. The predicted molar refractivity (Wildman–Crippen MR) is 108 cm³/mol. The molecule has 0 saturated carbocycles. The molecule has 1 amide bonds. The quantitative estimate of drug-likeness (QED) is 0.800. The second-order valence-corrected chi connectivity index (χ2v) is 8.65. The summed E-state index contributed by atoms with van der Waals surface area (Å²) >= 11 is 0. The van der Waals surface area contributed by atoms with E-state index >= 15 is 0 Å².